The van der Waals surface area contributed by atoms with Crippen molar-refractivity contribution in [3.8, 4) is 11.1 Å². The van der Waals surface area contributed by atoms with Crippen LogP contribution in [0.25, 0.3) is 32.4 Å². The van der Waals surface area contributed by atoms with E-state index < -0.39 is 0 Å². The fourth-order valence-electron chi connectivity index (χ4n) is 3.69. The Morgan fingerprint density at radius 3 is 2.71 bits per heavy atom. The summed E-state index contributed by atoms with van der Waals surface area (Å²) >= 11 is 1.67. The zero-order valence-corrected chi connectivity index (χ0v) is 16.8. The van der Waals surface area contributed by atoms with Crippen molar-refractivity contribution in [3.05, 3.63) is 42.6 Å². The number of benzene rings is 2. The van der Waals surface area contributed by atoms with E-state index in [4.69, 9.17) is 4.98 Å². The molecule has 0 aliphatic carbocycles. The fraction of sp³-hybridized carbons (Fsp3) is 0.286. The molecule has 1 unspecified atom stereocenters. The molecular weight excluding hydrogens is 368 g/mol. The maximum Gasteiger partial charge on any atom is 0.183 e. The molecule has 142 valence electrons. The van der Waals surface area contributed by atoms with Gasteiger partial charge in [0.25, 0.3) is 0 Å². The van der Waals surface area contributed by atoms with Crippen LogP contribution in [-0.4, -0.2) is 47.7 Å². The second-order valence-electron chi connectivity index (χ2n) is 7.18. The Bertz CT molecular complexity index is 1150. The normalized spacial score (nSPS) is 17.4. The van der Waals surface area contributed by atoms with E-state index in [0.717, 1.165) is 58.3 Å². The summed E-state index contributed by atoms with van der Waals surface area (Å²) in [6.07, 6.45) is 1.89. The Morgan fingerprint density at radius 1 is 1.07 bits per heavy atom. The quantitative estimate of drug-likeness (QED) is 0.555. The molecule has 1 saturated heterocycles. The van der Waals surface area contributed by atoms with Gasteiger partial charge in [-0.15, -0.1) is 0 Å². The number of fused-ring (bicyclic) bond motifs is 2. The molecule has 7 heteroatoms. The van der Waals surface area contributed by atoms with E-state index in [-0.39, 0.29) is 0 Å². The van der Waals surface area contributed by atoms with Gasteiger partial charge in [-0.2, -0.15) is 0 Å². The van der Waals surface area contributed by atoms with Crippen LogP contribution in [0.5, 0.6) is 0 Å². The molecule has 28 heavy (non-hydrogen) atoms. The SMILES string of the molecule is CNc1nc2cc(-c3ccc4ncc(N5CCNC(C)C5)nc4c3)ccc2s1. The van der Waals surface area contributed by atoms with Gasteiger partial charge in [0.2, 0.25) is 0 Å². The number of rotatable bonds is 3. The average Bonchev–Trinajstić information content (AvgIpc) is 3.15. The summed E-state index contributed by atoms with van der Waals surface area (Å²) in [7, 11) is 1.90. The number of piperazine rings is 1. The molecule has 0 spiro atoms. The summed E-state index contributed by atoms with van der Waals surface area (Å²) in [6, 6.07) is 13.2. The Kier molecular flexibility index (Phi) is 4.33. The highest BCUT2D eigenvalue weighted by atomic mass is 32.1. The lowest BCUT2D eigenvalue weighted by Crippen LogP contribution is -2.49. The second-order valence-corrected chi connectivity index (χ2v) is 8.22. The topological polar surface area (TPSA) is 66.0 Å². The molecule has 2 aromatic carbocycles. The van der Waals surface area contributed by atoms with Gasteiger partial charge in [0.05, 0.1) is 27.4 Å². The summed E-state index contributed by atoms with van der Waals surface area (Å²) in [4.78, 5) is 16.5. The van der Waals surface area contributed by atoms with Crippen molar-refractivity contribution in [1.29, 1.82) is 0 Å². The Morgan fingerprint density at radius 2 is 1.89 bits per heavy atom. The molecule has 0 bridgehead atoms. The van der Waals surface area contributed by atoms with Crippen molar-refractivity contribution < 1.29 is 0 Å². The van der Waals surface area contributed by atoms with Crippen molar-refractivity contribution in [3.63, 3.8) is 0 Å². The predicted octanol–water partition coefficient (Wildman–Crippen LogP) is 3.75. The molecule has 3 heterocycles. The van der Waals surface area contributed by atoms with Crippen LogP contribution in [0.15, 0.2) is 42.6 Å². The standard InChI is InChI=1S/C21H22N6S/c1-13-12-27(8-7-23-13)20-11-24-16-5-3-14(9-17(16)25-20)15-4-6-19-18(10-15)26-21(22-2)28-19/h3-6,9-11,13,23H,7-8,12H2,1-2H3,(H,22,26). The number of hydrogen-bond donors (Lipinski definition) is 2. The second kappa shape index (κ2) is 7.00. The number of aromatic nitrogens is 3. The van der Waals surface area contributed by atoms with E-state index in [0.29, 0.717) is 6.04 Å². The highest BCUT2D eigenvalue weighted by Gasteiger charge is 2.17. The number of thiazole rings is 1. The van der Waals surface area contributed by atoms with Gasteiger partial charge in [-0.25, -0.2) is 9.97 Å². The minimum absolute atomic E-state index is 0.463. The maximum atomic E-state index is 4.91. The molecule has 6 nitrogen and oxygen atoms in total. The molecule has 0 saturated carbocycles. The zero-order chi connectivity index (χ0) is 19.1. The molecule has 1 fully saturated rings. The van der Waals surface area contributed by atoms with E-state index in [9.17, 15) is 0 Å². The third-order valence-corrected chi connectivity index (χ3v) is 6.21. The Hall–Kier alpha value is -2.77. The van der Waals surface area contributed by atoms with Crippen molar-refractivity contribution in [2.75, 3.05) is 36.9 Å². The summed E-state index contributed by atoms with van der Waals surface area (Å²) in [5.74, 6) is 0.951. The Labute approximate surface area is 167 Å². The summed E-state index contributed by atoms with van der Waals surface area (Å²) < 4.78 is 1.18. The number of nitrogens with one attached hydrogen (secondary N) is 2. The van der Waals surface area contributed by atoms with E-state index in [1.807, 2.05) is 19.3 Å². The summed E-state index contributed by atoms with van der Waals surface area (Å²) in [5.41, 5.74) is 5.14. The van der Waals surface area contributed by atoms with Crippen molar-refractivity contribution in [2.24, 2.45) is 0 Å². The lowest BCUT2D eigenvalue weighted by atomic mass is 10.0. The van der Waals surface area contributed by atoms with Crippen LogP contribution in [0.1, 0.15) is 6.92 Å². The van der Waals surface area contributed by atoms with Crippen LogP contribution in [0.4, 0.5) is 10.9 Å². The lowest BCUT2D eigenvalue weighted by Gasteiger charge is -2.32. The van der Waals surface area contributed by atoms with E-state index in [1.54, 1.807) is 11.3 Å². The number of hydrogen-bond acceptors (Lipinski definition) is 7. The minimum atomic E-state index is 0.463. The van der Waals surface area contributed by atoms with Crippen LogP contribution >= 0.6 is 11.3 Å². The van der Waals surface area contributed by atoms with Crippen LogP contribution in [0, 0.1) is 0 Å². The van der Waals surface area contributed by atoms with Gasteiger partial charge >= 0.3 is 0 Å². The molecule has 5 rings (SSSR count). The van der Waals surface area contributed by atoms with Gasteiger partial charge in [-0.3, -0.25) is 4.98 Å². The zero-order valence-electron chi connectivity index (χ0n) is 15.9. The number of anilines is 2. The third-order valence-electron chi connectivity index (χ3n) is 5.16. The summed E-state index contributed by atoms with van der Waals surface area (Å²) in [6.45, 7) is 5.09. The van der Waals surface area contributed by atoms with Crippen LogP contribution in [0.3, 0.4) is 0 Å². The first-order valence-corrected chi connectivity index (χ1v) is 10.3. The molecule has 4 aromatic rings. The van der Waals surface area contributed by atoms with Crippen molar-refractivity contribution >= 4 is 43.5 Å². The molecule has 1 atom stereocenters. The van der Waals surface area contributed by atoms with Gasteiger partial charge in [-0.05, 0) is 42.3 Å². The van der Waals surface area contributed by atoms with Gasteiger partial charge in [0.15, 0.2) is 5.13 Å². The van der Waals surface area contributed by atoms with Gasteiger partial charge < -0.3 is 15.5 Å². The predicted molar refractivity (Wildman–Crippen MR) is 117 cm³/mol. The van der Waals surface area contributed by atoms with Crippen LogP contribution in [-0.2, 0) is 0 Å². The maximum absolute atomic E-state index is 4.91. The minimum Gasteiger partial charge on any atom is -0.365 e. The van der Waals surface area contributed by atoms with Gasteiger partial charge in [-0.1, -0.05) is 23.5 Å². The van der Waals surface area contributed by atoms with Crippen molar-refractivity contribution in [1.82, 2.24) is 20.3 Å². The number of nitrogens with zero attached hydrogens (tertiary/aromatic N) is 4. The molecule has 0 amide bonds. The molecule has 2 N–H and O–H groups in total. The van der Waals surface area contributed by atoms with Crippen molar-refractivity contribution in [2.45, 2.75) is 13.0 Å². The van der Waals surface area contributed by atoms with Gasteiger partial charge in [0.1, 0.15) is 5.82 Å². The molecular formula is C21H22N6S. The van der Waals surface area contributed by atoms with E-state index in [1.165, 1.54) is 4.70 Å². The van der Waals surface area contributed by atoms with E-state index >= 15 is 0 Å². The van der Waals surface area contributed by atoms with Crippen LogP contribution < -0.4 is 15.5 Å². The molecule has 1 aliphatic rings. The first-order chi connectivity index (χ1) is 13.7. The van der Waals surface area contributed by atoms with Crippen LogP contribution in [0.2, 0.25) is 0 Å². The molecule has 0 radical (unpaired) electrons. The monoisotopic (exact) mass is 390 g/mol. The average molecular weight is 391 g/mol. The first-order valence-electron chi connectivity index (χ1n) is 9.53. The van der Waals surface area contributed by atoms with Gasteiger partial charge in [0, 0.05) is 32.7 Å². The highest BCUT2D eigenvalue weighted by molar-refractivity contribution is 7.22. The lowest BCUT2D eigenvalue weighted by molar-refractivity contribution is 0.482. The summed E-state index contributed by atoms with van der Waals surface area (Å²) in [5, 5.41) is 7.53. The fourth-order valence-corrected chi connectivity index (χ4v) is 4.49. The van der Waals surface area contributed by atoms with E-state index in [2.05, 4.69) is 62.8 Å². The third kappa shape index (κ3) is 3.16. The largest absolute Gasteiger partial charge is 0.365 e. The highest BCUT2D eigenvalue weighted by Crippen LogP contribution is 2.31. The Balaban J connectivity index is 1.53. The first kappa shape index (κ1) is 17.3. The molecule has 1 aliphatic heterocycles. The molecule has 2 aromatic heterocycles. The smallest absolute Gasteiger partial charge is 0.183 e.